The maximum absolute atomic E-state index is 13.5. The Balaban J connectivity index is 2.35. The maximum Gasteiger partial charge on any atom is 0.254 e. The van der Waals surface area contributed by atoms with Crippen LogP contribution in [0, 0.1) is 5.82 Å². The number of nitrogens with one attached hydrogen (secondary N) is 2. The summed E-state index contributed by atoms with van der Waals surface area (Å²) in [7, 11) is 1.53. The van der Waals surface area contributed by atoms with Crippen LogP contribution in [-0.2, 0) is 0 Å². The lowest BCUT2D eigenvalue weighted by Gasteiger charge is -2.10. The first-order valence-electron chi connectivity index (χ1n) is 5.41. The van der Waals surface area contributed by atoms with Crippen molar-refractivity contribution in [1.82, 2.24) is 10.3 Å². The molecule has 18 heavy (non-hydrogen) atoms. The minimum absolute atomic E-state index is 0.276. The Morgan fingerprint density at radius 1 is 1.22 bits per heavy atom. The highest BCUT2D eigenvalue weighted by Gasteiger charge is 2.11. The smallest absolute Gasteiger partial charge is 0.254 e. The summed E-state index contributed by atoms with van der Waals surface area (Å²) in [6, 6.07) is 9.49. The molecule has 1 heterocycles. The highest BCUT2D eigenvalue weighted by Crippen LogP contribution is 2.20. The second-order valence-corrected chi connectivity index (χ2v) is 3.58. The second-order valence-electron chi connectivity index (χ2n) is 3.58. The lowest BCUT2D eigenvalue weighted by atomic mass is 10.2. The molecule has 0 aliphatic carbocycles. The van der Waals surface area contributed by atoms with E-state index in [4.69, 9.17) is 0 Å². The summed E-state index contributed by atoms with van der Waals surface area (Å²) in [4.78, 5) is 15.7. The van der Waals surface area contributed by atoms with E-state index in [1.165, 1.54) is 19.3 Å². The van der Waals surface area contributed by atoms with E-state index in [1.54, 1.807) is 30.3 Å². The fraction of sp³-hybridized carbons (Fsp3) is 0.0769. The highest BCUT2D eigenvalue weighted by molar-refractivity contribution is 5.99. The minimum Gasteiger partial charge on any atom is -0.355 e. The lowest BCUT2D eigenvalue weighted by molar-refractivity contribution is 0.0963. The number of halogens is 1. The van der Waals surface area contributed by atoms with Crippen molar-refractivity contribution in [2.45, 2.75) is 0 Å². The zero-order valence-corrected chi connectivity index (χ0v) is 9.77. The van der Waals surface area contributed by atoms with Gasteiger partial charge in [0.05, 0.1) is 11.3 Å². The van der Waals surface area contributed by atoms with Crippen LogP contribution in [-0.4, -0.2) is 17.9 Å². The normalized spacial score (nSPS) is 9.89. The zero-order chi connectivity index (χ0) is 13.0. The SMILES string of the molecule is CNC(=O)c1cccnc1Nc1ccccc1F. The molecule has 0 spiro atoms. The molecule has 0 saturated heterocycles. The number of pyridine rings is 1. The number of carbonyl (C=O) groups excluding carboxylic acids is 1. The third-order valence-electron chi connectivity index (χ3n) is 2.41. The Bertz CT molecular complexity index is 572. The number of aromatic nitrogens is 1. The van der Waals surface area contributed by atoms with Gasteiger partial charge in [-0.3, -0.25) is 4.79 Å². The van der Waals surface area contributed by atoms with Gasteiger partial charge in [-0.1, -0.05) is 12.1 Å². The largest absolute Gasteiger partial charge is 0.355 e. The van der Waals surface area contributed by atoms with Gasteiger partial charge < -0.3 is 10.6 Å². The van der Waals surface area contributed by atoms with Gasteiger partial charge in [-0.25, -0.2) is 9.37 Å². The summed E-state index contributed by atoms with van der Waals surface area (Å²) in [5, 5.41) is 5.32. The van der Waals surface area contributed by atoms with Crippen LogP contribution in [0.3, 0.4) is 0 Å². The van der Waals surface area contributed by atoms with Gasteiger partial charge in [0.2, 0.25) is 0 Å². The van der Waals surface area contributed by atoms with Crippen LogP contribution in [0.1, 0.15) is 10.4 Å². The number of para-hydroxylation sites is 1. The molecule has 0 aliphatic rings. The fourth-order valence-electron chi connectivity index (χ4n) is 1.51. The molecular formula is C13H12FN3O. The third kappa shape index (κ3) is 2.45. The van der Waals surface area contributed by atoms with Gasteiger partial charge in [-0.15, -0.1) is 0 Å². The number of nitrogens with zero attached hydrogens (tertiary/aromatic N) is 1. The number of benzene rings is 1. The van der Waals surface area contributed by atoms with Crippen LogP contribution in [0.5, 0.6) is 0 Å². The molecule has 1 aromatic heterocycles. The molecule has 0 unspecified atom stereocenters. The summed E-state index contributed by atoms with van der Waals surface area (Å²) in [6.07, 6.45) is 1.54. The molecule has 2 aromatic rings. The summed E-state index contributed by atoms with van der Waals surface area (Å²) >= 11 is 0. The van der Waals surface area contributed by atoms with Crippen LogP contribution >= 0.6 is 0 Å². The van der Waals surface area contributed by atoms with E-state index < -0.39 is 5.82 Å². The topological polar surface area (TPSA) is 54.0 Å². The lowest BCUT2D eigenvalue weighted by Crippen LogP contribution is -2.19. The molecule has 1 amide bonds. The molecule has 2 rings (SSSR count). The summed E-state index contributed by atoms with van der Waals surface area (Å²) in [5.41, 5.74) is 0.643. The molecule has 2 N–H and O–H groups in total. The van der Waals surface area contributed by atoms with E-state index in [2.05, 4.69) is 15.6 Å². The number of amides is 1. The maximum atomic E-state index is 13.5. The van der Waals surface area contributed by atoms with Crippen LogP contribution in [0.2, 0.25) is 0 Å². The summed E-state index contributed by atoms with van der Waals surface area (Å²) in [6.45, 7) is 0. The Labute approximate surface area is 104 Å². The van der Waals surface area contributed by atoms with Crippen molar-refractivity contribution in [1.29, 1.82) is 0 Å². The number of hydrogen-bond acceptors (Lipinski definition) is 3. The number of rotatable bonds is 3. The third-order valence-corrected chi connectivity index (χ3v) is 2.41. The molecule has 1 aromatic carbocycles. The van der Waals surface area contributed by atoms with Crippen LogP contribution in [0.15, 0.2) is 42.6 Å². The Morgan fingerprint density at radius 2 is 2.00 bits per heavy atom. The zero-order valence-electron chi connectivity index (χ0n) is 9.77. The first-order valence-corrected chi connectivity index (χ1v) is 5.41. The molecule has 4 nitrogen and oxygen atoms in total. The van der Waals surface area contributed by atoms with Crippen molar-refractivity contribution in [3.8, 4) is 0 Å². The minimum atomic E-state index is -0.397. The molecule has 0 fully saturated rings. The van der Waals surface area contributed by atoms with Crippen LogP contribution < -0.4 is 10.6 Å². The van der Waals surface area contributed by atoms with E-state index >= 15 is 0 Å². The van der Waals surface area contributed by atoms with Crippen molar-refractivity contribution in [2.75, 3.05) is 12.4 Å². The number of hydrogen-bond donors (Lipinski definition) is 2. The predicted molar refractivity (Wildman–Crippen MR) is 67.3 cm³/mol. The molecule has 92 valence electrons. The van der Waals surface area contributed by atoms with Gasteiger partial charge in [0.15, 0.2) is 0 Å². The average Bonchev–Trinajstić information content (AvgIpc) is 2.41. The van der Waals surface area contributed by atoms with Crippen molar-refractivity contribution < 1.29 is 9.18 Å². The van der Waals surface area contributed by atoms with Crippen molar-refractivity contribution >= 4 is 17.4 Å². The molecule has 0 radical (unpaired) electrons. The Hall–Kier alpha value is -2.43. The van der Waals surface area contributed by atoms with Crippen molar-refractivity contribution in [2.24, 2.45) is 0 Å². The Morgan fingerprint density at radius 3 is 2.72 bits per heavy atom. The van der Waals surface area contributed by atoms with E-state index in [-0.39, 0.29) is 11.6 Å². The number of carbonyl (C=O) groups is 1. The van der Waals surface area contributed by atoms with Crippen LogP contribution in [0.25, 0.3) is 0 Å². The van der Waals surface area contributed by atoms with Gasteiger partial charge in [0.25, 0.3) is 5.91 Å². The van der Waals surface area contributed by atoms with Crippen LogP contribution in [0.4, 0.5) is 15.9 Å². The quantitative estimate of drug-likeness (QED) is 0.872. The first kappa shape index (κ1) is 12.0. The van der Waals surface area contributed by atoms with E-state index in [1.807, 2.05) is 0 Å². The van der Waals surface area contributed by atoms with E-state index in [9.17, 15) is 9.18 Å². The summed E-state index contributed by atoms with van der Waals surface area (Å²) < 4.78 is 13.5. The van der Waals surface area contributed by atoms with Crippen molar-refractivity contribution in [3.63, 3.8) is 0 Å². The fourth-order valence-corrected chi connectivity index (χ4v) is 1.51. The first-order chi connectivity index (χ1) is 8.72. The average molecular weight is 245 g/mol. The van der Waals surface area contributed by atoms with Gasteiger partial charge >= 0.3 is 0 Å². The Kier molecular flexibility index (Phi) is 3.52. The highest BCUT2D eigenvalue weighted by atomic mass is 19.1. The van der Waals surface area contributed by atoms with Crippen molar-refractivity contribution in [3.05, 3.63) is 54.0 Å². The molecular weight excluding hydrogens is 233 g/mol. The van der Waals surface area contributed by atoms with Gasteiger partial charge in [-0.2, -0.15) is 0 Å². The van der Waals surface area contributed by atoms with E-state index in [0.717, 1.165) is 0 Å². The van der Waals surface area contributed by atoms with Gasteiger partial charge in [0, 0.05) is 13.2 Å². The molecule has 5 heteroatoms. The molecule has 0 saturated carbocycles. The number of anilines is 2. The monoisotopic (exact) mass is 245 g/mol. The van der Waals surface area contributed by atoms with Gasteiger partial charge in [-0.05, 0) is 24.3 Å². The second kappa shape index (κ2) is 5.27. The summed E-state index contributed by atoms with van der Waals surface area (Å²) in [5.74, 6) is -0.352. The molecule has 0 bridgehead atoms. The molecule has 0 atom stereocenters. The predicted octanol–water partition coefficient (Wildman–Crippen LogP) is 2.32. The standard InChI is InChI=1S/C13H12FN3O/c1-15-13(18)9-5-4-8-16-12(9)17-11-7-3-2-6-10(11)14/h2-8H,1H3,(H,15,18)(H,16,17). The molecule has 0 aliphatic heterocycles. The van der Waals surface area contributed by atoms with E-state index in [0.29, 0.717) is 11.4 Å². The van der Waals surface area contributed by atoms with Gasteiger partial charge in [0.1, 0.15) is 11.6 Å².